The minimum absolute atomic E-state index is 0.352. The number of pyridine rings is 1. The molecule has 6 heteroatoms. The number of nitrogens with one attached hydrogen (secondary N) is 1. The molecule has 1 rings (SSSR count). The zero-order chi connectivity index (χ0) is 13.7. The zero-order valence-corrected chi connectivity index (χ0v) is 10.5. The van der Waals surface area contributed by atoms with Crippen molar-refractivity contribution in [2.75, 3.05) is 6.54 Å². The van der Waals surface area contributed by atoms with Crippen molar-refractivity contribution in [1.29, 1.82) is 0 Å². The predicted molar refractivity (Wildman–Crippen MR) is 69.6 cm³/mol. The van der Waals surface area contributed by atoms with Crippen molar-refractivity contribution in [1.82, 2.24) is 9.88 Å². The molecule has 0 aliphatic heterocycles. The van der Waals surface area contributed by atoms with Crippen molar-refractivity contribution in [3.8, 4) is 0 Å². The average molecular weight is 251 g/mol. The van der Waals surface area contributed by atoms with Crippen molar-refractivity contribution in [3.05, 3.63) is 50.9 Å². The first-order valence-corrected chi connectivity index (χ1v) is 5.64. The summed E-state index contributed by atoms with van der Waals surface area (Å²) in [5, 5.41) is 13.8. The van der Waals surface area contributed by atoms with Crippen molar-refractivity contribution < 1.29 is 4.92 Å². The van der Waals surface area contributed by atoms with Gasteiger partial charge in [0.15, 0.2) is 0 Å². The van der Waals surface area contributed by atoms with Crippen LogP contribution in [0.15, 0.2) is 35.4 Å². The van der Waals surface area contributed by atoms with Crippen molar-refractivity contribution in [3.63, 3.8) is 0 Å². The monoisotopic (exact) mass is 251 g/mol. The second kappa shape index (κ2) is 6.11. The molecule has 1 aromatic rings. The van der Waals surface area contributed by atoms with Gasteiger partial charge in [-0.1, -0.05) is 20.4 Å². The van der Waals surface area contributed by atoms with Crippen LogP contribution in [-0.2, 0) is 6.54 Å². The second-order valence-electron chi connectivity index (χ2n) is 4.41. The van der Waals surface area contributed by atoms with E-state index in [-0.39, 0.29) is 0 Å². The topological polar surface area (TPSA) is 77.2 Å². The molecular formula is C12H17N3O3. The van der Waals surface area contributed by atoms with Crippen LogP contribution in [0.4, 0.5) is 5.69 Å². The van der Waals surface area contributed by atoms with Crippen LogP contribution in [0.3, 0.4) is 0 Å². The van der Waals surface area contributed by atoms with Gasteiger partial charge in [-0.3, -0.25) is 14.9 Å². The lowest BCUT2D eigenvalue weighted by molar-refractivity contribution is -0.386. The van der Waals surface area contributed by atoms with Crippen LogP contribution in [0.5, 0.6) is 0 Å². The van der Waals surface area contributed by atoms with E-state index in [4.69, 9.17) is 0 Å². The van der Waals surface area contributed by atoms with Gasteiger partial charge in [-0.25, -0.2) is 0 Å². The summed E-state index contributed by atoms with van der Waals surface area (Å²) in [7, 11) is 0. The van der Waals surface area contributed by atoms with E-state index < -0.39 is 16.0 Å². The third-order valence-electron chi connectivity index (χ3n) is 2.32. The molecule has 0 aliphatic rings. The normalized spacial score (nSPS) is 10.6. The van der Waals surface area contributed by atoms with Crippen LogP contribution in [-0.4, -0.2) is 22.1 Å². The van der Waals surface area contributed by atoms with E-state index in [0.29, 0.717) is 19.1 Å². The van der Waals surface area contributed by atoms with Gasteiger partial charge in [-0.05, 0) is 5.57 Å². The maximum Gasteiger partial charge on any atom is 0.332 e. The highest BCUT2D eigenvalue weighted by Crippen LogP contribution is 2.04. The zero-order valence-electron chi connectivity index (χ0n) is 10.5. The highest BCUT2D eigenvalue weighted by molar-refractivity contribution is 5.25. The lowest BCUT2D eigenvalue weighted by Gasteiger charge is -2.12. The Hall–Kier alpha value is -1.95. The average Bonchev–Trinajstić information content (AvgIpc) is 2.28. The van der Waals surface area contributed by atoms with Gasteiger partial charge in [0.25, 0.3) is 5.43 Å². The van der Waals surface area contributed by atoms with Gasteiger partial charge >= 0.3 is 5.69 Å². The van der Waals surface area contributed by atoms with Crippen molar-refractivity contribution in [2.45, 2.75) is 26.4 Å². The van der Waals surface area contributed by atoms with Gasteiger partial charge in [-0.15, -0.1) is 0 Å². The van der Waals surface area contributed by atoms with E-state index in [1.807, 2.05) is 13.8 Å². The minimum Gasteiger partial charge on any atom is -0.344 e. The van der Waals surface area contributed by atoms with Crippen LogP contribution < -0.4 is 10.7 Å². The minimum atomic E-state index is -0.673. The second-order valence-corrected chi connectivity index (χ2v) is 4.41. The fourth-order valence-corrected chi connectivity index (χ4v) is 1.41. The number of hydrogen-bond acceptors (Lipinski definition) is 4. The fourth-order valence-electron chi connectivity index (χ4n) is 1.41. The van der Waals surface area contributed by atoms with Crippen molar-refractivity contribution in [2.24, 2.45) is 0 Å². The Bertz CT molecular complexity index is 506. The largest absolute Gasteiger partial charge is 0.344 e. The van der Waals surface area contributed by atoms with Gasteiger partial charge in [0.05, 0.1) is 11.1 Å². The first kappa shape index (κ1) is 14.1. The summed E-state index contributed by atoms with van der Waals surface area (Å²) in [5.41, 5.74) is -0.106. The number of rotatable bonds is 6. The SMILES string of the molecule is C=C(CNC(C)C)Cn1ccc(=O)c([N+](=O)[O-])c1. The number of hydrogen-bond donors (Lipinski definition) is 1. The molecule has 6 nitrogen and oxygen atoms in total. The highest BCUT2D eigenvalue weighted by Gasteiger charge is 2.11. The maximum atomic E-state index is 11.2. The van der Waals surface area contributed by atoms with Crippen LogP contribution in [0.1, 0.15) is 13.8 Å². The Labute approximate surface area is 105 Å². The summed E-state index contributed by atoms with van der Waals surface area (Å²) < 4.78 is 1.59. The molecule has 18 heavy (non-hydrogen) atoms. The van der Waals surface area contributed by atoms with E-state index in [1.54, 1.807) is 4.57 Å². The third kappa shape index (κ3) is 4.14. The standard InChI is InChI=1S/C12H17N3O3/c1-9(2)13-6-10(3)7-14-5-4-12(16)11(8-14)15(17)18/h4-5,8-9,13H,3,6-7H2,1-2H3. The molecule has 98 valence electrons. The smallest absolute Gasteiger partial charge is 0.332 e. The molecule has 0 amide bonds. The fraction of sp³-hybridized carbons (Fsp3) is 0.417. The molecule has 0 fully saturated rings. The van der Waals surface area contributed by atoms with Gasteiger partial charge < -0.3 is 9.88 Å². The predicted octanol–water partition coefficient (Wildman–Crippen LogP) is 1.31. The van der Waals surface area contributed by atoms with Gasteiger partial charge in [0.1, 0.15) is 0 Å². The third-order valence-corrected chi connectivity index (χ3v) is 2.32. The molecular weight excluding hydrogens is 234 g/mol. The summed E-state index contributed by atoms with van der Waals surface area (Å²) in [4.78, 5) is 21.2. The Morgan fingerprint density at radius 1 is 1.61 bits per heavy atom. The quantitative estimate of drug-likeness (QED) is 0.470. The molecule has 0 saturated heterocycles. The van der Waals surface area contributed by atoms with Gasteiger partial charge in [-0.2, -0.15) is 0 Å². The lowest BCUT2D eigenvalue weighted by Crippen LogP contribution is -2.26. The van der Waals surface area contributed by atoms with E-state index in [9.17, 15) is 14.9 Å². The molecule has 0 radical (unpaired) electrons. The molecule has 1 N–H and O–H groups in total. The lowest BCUT2D eigenvalue weighted by atomic mass is 10.2. The van der Waals surface area contributed by atoms with Crippen LogP contribution in [0, 0.1) is 10.1 Å². The summed E-state index contributed by atoms with van der Waals surface area (Å²) in [6.45, 7) is 9.02. The number of aromatic nitrogens is 1. The first-order chi connectivity index (χ1) is 8.40. The molecule has 0 aromatic carbocycles. The molecule has 0 spiro atoms. The Balaban J connectivity index is 2.74. The number of nitrogens with zero attached hydrogens (tertiary/aromatic N) is 2. The van der Waals surface area contributed by atoms with Crippen LogP contribution >= 0.6 is 0 Å². The Morgan fingerprint density at radius 3 is 2.83 bits per heavy atom. The van der Waals surface area contributed by atoms with E-state index in [2.05, 4.69) is 11.9 Å². The Morgan fingerprint density at radius 2 is 2.28 bits per heavy atom. The Kier molecular flexibility index (Phi) is 4.79. The maximum absolute atomic E-state index is 11.2. The summed E-state index contributed by atoms with van der Waals surface area (Å²) in [6, 6.07) is 1.55. The molecule has 1 heterocycles. The summed E-state index contributed by atoms with van der Waals surface area (Å²) in [5.74, 6) is 0. The van der Waals surface area contributed by atoms with E-state index in [0.717, 1.165) is 5.57 Å². The van der Waals surface area contributed by atoms with E-state index >= 15 is 0 Å². The first-order valence-electron chi connectivity index (χ1n) is 5.64. The summed E-state index contributed by atoms with van der Waals surface area (Å²) in [6.07, 6.45) is 2.76. The van der Waals surface area contributed by atoms with E-state index in [1.165, 1.54) is 18.5 Å². The molecule has 0 atom stereocenters. The van der Waals surface area contributed by atoms with Crippen LogP contribution in [0.25, 0.3) is 0 Å². The highest BCUT2D eigenvalue weighted by atomic mass is 16.6. The summed E-state index contributed by atoms with van der Waals surface area (Å²) >= 11 is 0. The number of nitro groups is 1. The van der Waals surface area contributed by atoms with Gasteiger partial charge in [0.2, 0.25) is 0 Å². The molecule has 0 bridgehead atoms. The van der Waals surface area contributed by atoms with Gasteiger partial charge in [0, 0.05) is 31.4 Å². The molecule has 0 saturated carbocycles. The molecule has 0 unspecified atom stereocenters. The molecule has 1 aromatic heterocycles. The van der Waals surface area contributed by atoms with Crippen molar-refractivity contribution >= 4 is 5.69 Å². The van der Waals surface area contributed by atoms with Crippen LogP contribution in [0.2, 0.25) is 0 Å². The molecule has 0 aliphatic carbocycles.